The Morgan fingerprint density at radius 2 is 1.85 bits per heavy atom. The summed E-state index contributed by atoms with van der Waals surface area (Å²) in [6, 6.07) is 0. The second-order valence-electron chi connectivity index (χ2n) is 2.97. The Labute approximate surface area is 71.4 Å². The smallest absolute Gasteiger partial charge is 0.317 e. The van der Waals surface area contributed by atoms with E-state index in [9.17, 15) is 22.4 Å². The lowest BCUT2D eigenvalue weighted by Crippen LogP contribution is -2.60. The van der Waals surface area contributed by atoms with E-state index in [1.165, 1.54) is 0 Å². The number of alkyl halides is 4. The molecule has 1 fully saturated rings. The van der Waals surface area contributed by atoms with Crippen LogP contribution in [0.15, 0.2) is 12.2 Å². The maximum absolute atomic E-state index is 12.6. The average Bonchev–Trinajstić information content (AvgIpc) is 1.98. The first-order valence-electron chi connectivity index (χ1n) is 3.44. The van der Waals surface area contributed by atoms with Gasteiger partial charge in [-0.25, -0.2) is 0 Å². The summed E-state index contributed by atoms with van der Waals surface area (Å²) in [7, 11) is 0. The summed E-state index contributed by atoms with van der Waals surface area (Å²) < 4.78 is 49.6. The maximum atomic E-state index is 12.6. The quantitative estimate of drug-likeness (QED) is 0.526. The van der Waals surface area contributed by atoms with Crippen LogP contribution in [0.2, 0.25) is 0 Å². The molecule has 2 nitrogen and oxygen atoms in total. The van der Waals surface area contributed by atoms with Gasteiger partial charge in [0.25, 0.3) is 0 Å². The van der Waals surface area contributed by atoms with Crippen molar-refractivity contribution in [1.82, 2.24) is 0 Å². The molecule has 74 valence electrons. The minimum absolute atomic E-state index is 0.643. The fraction of sp³-hybridized carbons (Fsp3) is 0.571. The second kappa shape index (κ2) is 2.46. The predicted octanol–water partition coefficient (Wildman–Crippen LogP) is 1.32. The van der Waals surface area contributed by atoms with Gasteiger partial charge in [0.15, 0.2) is 0 Å². The number of nitrogens with two attached hydrogens (primary N) is 1. The molecule has 0 aromatic rings. The molecule has 0 aliphatic heterocycles. The number of hydrogen-bond donors (Lipinski definition) is 1. The van der Waals surface area contributed by atoms with Gasteiger partial charge in [0.05, 0.1) is 5.92 Å². The van der Waals surface area contributed by atoms with Crippen LogP contribution in [0.25, 0.3) is 0 Å². The number of carbonyl (C=O) groups is 1. The van der Waals surface area contributed by atoms with E-state index in [2.05, 4.69) is 12.3 Å². The topological polar surface area (TPSA) is 43.1 Å². The van der Waals surface area contributed by atoms with Crippen molar-refractivity contribution in [2.24, 2.45) is 11.7 Å². The van der Waals surface area contributed by atoms with Gasteiger partial charge in [-0.15, -0.1) is 0 Å². The van der Waals surface area contributed by atoms with E-state index in [1.54, 1.807) is 0 Å². The molecular weight excluding hydrogens is 190 g/mol. The predicted molar refractivity (Wildman–Crippen MR) is 36.3 cm³/mol. The highest BCUT2D eigenvalue weighted by Gasteiger charge is 2.72. The minimum atomic E-state index is -4.20. The van der Waals surface area contributed by atoms with Crippen molar-refractivity contribution < 1.29 is 22.4 Å². The molecule has 1 aliphatic rings. The Bertz CT molecular complexity index is 274. The van der Waals surface area contributed by atoms with Crippen LogP contribution >= 0.6 is 0 Å². The summed E-state index contributed by atoms with van der Waals surface area (Å²) in [4.78, 5) is 10.4. The standard InChI is InChI=1S/C7H7F4NO/c1-3(5(12)13)4-2-6(8,9)7(4,10)11/h4H,1-2H2,(H2,12,13). The molecule has 2 N–H and O–H groups in total. The van der Waals surface area contributed by atoms with Gasteiger partial charge in [-0.3, -0.25) is 4.79 Å². The molecule has 13 heavy (non-hydrogen) atoms. The Morgan fingerprint density at radius 3 is 2.08 bits per heavy atom. The number of amides is 1. The lowest BCUT2D eigenvalue weighted by molar-refractivity contribution is -0.303. The van der Waals surface area contributed by atoms with Gasteiger partial charge in [-0.1, -0.05) is 6.58 Å². The van der Waals surface area contributed by atoms with Crippen LogP contribution in [0.3, 0.4) is 0 Å². The van der Waals surface area contributed by atoms with Crippen molar-refractivity contribution in [1.29, 1.82) is 0 Å². The van der Waals surface area contributed by atoms with Crippen LogP contribution < -0.4 is 5.73 Å². The van der Waals surface area contributed by atoms with Crippen molar-refractivity contribution in [2.75, 3.05) is 0 Å². The molecule has 1 rings (SSSR count). The first kappa shape index (κ1) is 10.0. The summed E-state index contributed by atoms with van der Waals surface area (Å²) in [5.74, 6) is -11.2. The molecule has 0 aromatic heterocycles. The first-order valence-corrected chi connectivity index (χ1v) is 3.44. The van der Waals surface area contributed by atoms with Crippen molar-refractivity contribution in [2.45, 2.75) is 18.3 Å². The number of rotatable bonds is 2. The van der Waals surface area contributed by atoms with Crippen LogP contribution in [-0.4, -0.2) is 17.8 Å². The molecule has 0 bridgehead atoms. The summed E-state index contributed by atoms with van der Waals surface area (Å²) >= 11 is 0. The molecule has 1 saturated carbocycles. The van der Waals surface area contributed by atoms with Gasteiger partial charge >= 0.3 is 11.8 Å². The van der Waals surface area contributed by atoms with Crippen LogP contribution in [0.4, 0.5) is 17.6 Å². The van der Waals surface area contributed by atoms with E-state index in [0.29, 0.717) is 0 Å². The molecular formula is C7H7F4NO. The fourth-order valence-corrected chi connectivity index (χ4v) is 1.16. The van der Waals surface area contributed by atoms with Crippen LogP contribution in [0.5, 0.6) is 0 Å². The third-order valence-corrected chi connectivity index (χ3v) is 2.12. The molecule has 0 saturated heterocycles. The van der Waals surface area contributed by atoms with Crippen molar-refractivity contribution >= 4 is 5.91 Å². The van der Waals surface area contributed by atoms with Gasteiger partial charge in [0, 0.05) is 12.0 Å². The SMILES string of the molecule is C=C(C(N)=O)C1CC(F)(F)C1(F)F. The summed E-state index contributed by atoms with van der Waals surface area (Å²) in [5, 5.41) is 0. The van der Waals surface area contributed by atoms with Gasteiger partial charge < -0.3 is 5.73 Å². The number of primary amides is 1. The molecule has 0 aromatic carbocycles. The fourth-order valence-electron chi connectivity index (χ4n) is 1.16. The maximum Gasteiger partial charge on any atom is 0.317 e. The highest BCUT2D eigenvalue weighted by atomic mass is 19.3. The largest absolute Gasteiger partial charge is 0.366 e. The zero-order valence-electron chi connectivity index (χ0n) is 6.49. The Hall–Kier alpha value is -1.07. The highest BCUT2D eigenvalue weighted by Crippen LogP contribution is 2.57. The van der Waals surface area contributed by atoms with Crippen molar-refractivity contribution in [3.63, 3.8) is 0 Å². The van der Waals surface area contributed by atoms with Gasteiger partial charge in [0.1, 0.15) is 0 Å². The second-order valence-corrected chi connectivity index (χ2v) is 2.97. The van der Waals surface area contributed by atoms with Crippen molar-refractivity contribution in [3.8, 4) is 0 Å². The van der Waals surface area contributed by atoms with Crippen LogP contribution in [0.1, 0.15) is 6.42 Å². The van der Waals surface area contributed by atoms with Gasteiger partial charge in [-0.05, 0) is 0 Å². The molecule has 1 amide bonds. The number of hydrogen-bond acceptors (Lipinski definition) is 1. The third kappa shape index (κ3) is 1.20. The lowest BCUT2D eigenvalue weighted by Gasteiger charge is -2.43. The van der Waals surface area contributed by atoms with Crippen molar-refractivity contribution in [3.05, 3.63) is 12.2 Å². The molecule has 6 heteroatoms. The van der Waals surface area contributed by atoms with Crippen LogP contribution in [-0.2, 0) is 4.79 Å². The molecule has 1 atom stereocenters. The van der Waals surface area contributed by atoms with E-state index < -0.39 is 35.7 Å². The number of halogens is 4. The zero-order valence-corrected chi connectivity index (χ0v) is 6.49. The molecule has 0 spiro atoms. The highest BCUT2D eigenvalue weighted by molar-refractivity contribution is 5.92. The molecule has 1 unspecified atom stereocenters. The Kier molecular flexibility index (Phi) is 1.90. The summed E-state index contributed by atoms with van der Waals surface area (Å²) in [6.07, 6.45) is -1.07. The van der Waals surface area contributed by atoms with E-state index in [-0.39, 0.29) is 0 Å². The Morgan fingerprint density at radius 1 is 1.38 bits per heavy atom. The first-order chi connectivity index (χ1) is 5.70. The molecule has 0 radical (unpaired) electrons. The Balaban J connectivity index is 2.81. The van der Waals surface area contributed by atoms with Gasteiger partial charge in [-0.2, -0.15) is 17.6 Å². The van der Waals surface area contributed by atoms with E-state index in [1.807, 2.05) is 0 Å². The summed E-state index contributed by atoms with van der Waals surface area (Å²) in [6.45, 7) is 2.95. The lowest BCUT2D eigenvalue weighted by atomic mass is 9.72. The zero-order chi connectivity index (χ0) is 10.4. The molecule has 1 aliphatic carbocycles. The average molecular weight is 197 g/mol. The number of carbonyl (C=O) groups excluding carboxylic acids is 1. The van der Waals surface area contributed by atoms with E-state index in [0.717, 1.165) is 0 Å². The molecule has 0 heterocycles. The normalized spacial score (nSPS) is 29.1. The van der Waals surface area contributed by atoms with E-state index in [4.69, 9.17) is 0 Å². The van der Waals surface area contributed by atoms with Crippen LogP contribution in [0, 0.1) is 5.92 Å². The summed E-state index contributed by atoms with van der Waals surface area (Å²) in [5.41, 5.74) is 4.00. The minimum Gasteiger partial charge on any atom is -0.366 e. The van der Waals surface area contributed by atoms with E-state index >= 15 is 0 Å². The third-order valence-electron chi connectivity index (χ3n) is 2.12. The van der Waals surface area contributed by atoms with Gasteiger partial charge in [0.2, 0.25) is 5.91 Å². The monoisotopic (exact) mass is 197 g/mol.